The number of carboxylic acid groups (broad SMARTS) is 1. The number of aliphatic carboxylic acids is 1. The van der Waals surface area contributed by atoms with Gasteiger partial charge in [0.1, 0.15) is 6.04 Å². The number of carbonyl (C=O) groups is 1. The van der Waals surface area contributed by atoms with Crippen molar-refractivity contribution in [3.8, 4) is 0 Å². The smallest absolute Gasteiger partial charge is 0.322 e. The van der Waals surface area contributed by atoms with Gasteiger partial charge < -0.3 is 15.7 Å². The summed E-state index contributed by atoms with van der Waals surface area (Å²) in [6, 6.07) is 7.26. The number of hydrogen-bond donors (Lipinski definition) is 2. The number of anilines is 1. The third kappa shape index (κ3) is 3.74. The Morgan fingerprint density at radius 3 is 2.22 bits per heavy atom. The van der Waals surface area contributed by atoms with Gasteiger partial charge in [-0.05, 0) is 23.1 Å². The van der Waals surface area contributed by atoms with Crippen molar-refractivity contribution in [3.63, 3.8) is 0 Å². The van der Waals surface area contributed by atoms with Gasteiger partial charge in [0.25, 0.3) is 0 Å². The van der Waals surface area contributed by atoms with Gasteiger partial charge >= 0.3 is 5.97 Å². The second-order valence-corrected chi connectivity index (χ2v) is 5.62. The average Bonchev–Trinajstić information content (AvgIpc) is 2.27. The minimum absolute atomic E-state index is 0.120. The molecule has 0 aromatic heterocycles. The van der Waals surface area contributed by atoms with Gasteiger partial charge in [0.15, 0.2) is 0 Å². The molecule has 1 rings (SSSR count). The van der Waals surface area contributed by atoms with Gasteiger partial charge in [-0.1, -0.05) is 32.9 Å². The highest BCUT2D eigenvalue weighted by molar-refractivity contribution is 5.74. The first-order valence-corrected chi connectivity index (χ1v) is 6.02. The lowest BCUT2D eigenvalue weighted by atomic mass is 9.87. The number of rotatable bonds is 4. The van der Waals surface area contributed by atoms with Crippen LogP contribution in [-0.2, 0) is 10.2 Å². The Morgan fingerprint density at radius 2 is 1.83 bits per heavy atom. The SMILES string of the molecule is CN(CC(N)C(=O)O)c1ccc(C(C)(C)C)cc1. The summed E-state index contributed by atoms with van der Waals surface area (Å²) in [5, 5.41) is 8.78. The summed E-state index contributed by atoms with van der Waals surface area (Å²) >= 11 is 0. The highest BCUT2D eigenvalue weighted by Gasteiger charge is 2.16. The molecule has 0 saturated carbocycles. The Labute approximate surface area is 108 Å². The van der Waals surface area contributed by atoms with Crippen molar-refractivity contribution in [2.24, 2.45) is 5.73 Å². The van der Waals surface area contributed by atoms with Crippen LogP contribution in [-0.4, -0.2) is 30.7 Å². The molecule has 1 aromatic carbocycles. The molecule has 18 heavy (non-hydrogen) atoms. The minimum atomic E-state index is -0.979. The molecule has 1 unspecified atom stereocenters. The molecule has 0 aliphatic carbocycles. The molecule has 0 aliphatic heterocycles. The van der Waals surface area contributed by atoms with Crippen LogP contribution >= 0.6 is 0 Å². The van der Waals surface area contributed by atoms with Gasteiger partial charge in [-0.2, -0.15) is 0 Å². The van der Waals surface area contributed by atoms with Crippen LogP contribution in [0.5, 0.6) is 0 Å². The molecule has 4 heteroatoms. The molecule has 0 fully saturated rings. The van der Waals surface area contributed by atoms with Crippen LogP contribution in [0.2, 0.25) is 0 Å². The monoisotopic (exact) mass is 250 g/mol. The van der Waals surface area contributed by atoms with Gasteiger partial charge in [0.2, 0.25) is 0 Å². The fourth-order valence-electron chi connectivity index (χ4n) is 1.69. The maximum absolute atomic E-state index is 10.7. The summed E-state index contributed by atoms with van der Waals surface area (Å²) in [7, 11) is 1.84. The third-order valence-electron chi connectivity index (χ3n) is 2.96. The predicted molar refractivity (Wildman–Crippen MR) is 74.0 cm³/mol. The maximum atomic E-state index is 10.7. The molecule has 100 valence electrons. The molecular weight excluding hydrogens is 228 g/mol. The van der Waals surface area contributed by atoms with E-state index in [1.54, 1.807) is 0 Å². The van der Waals surface area contributed by atoms with Crippen LogP contribution in [0.1, 0.15) is 26.3 Å². The topological polar surface area (TPSA) is 66.6 Å². The zero-order valence-corrected chi connectivity index (χ0v) is 11.5. The van der Waals surface area contributed by atoms with Gasteiger partial charge in [0, 0.05) is 19.3 Å². The van der Waals surface area contributed by atoms with Crippen molar-refractivity contribution in [2.45, 2.75) is 32.2 Å². The van der Waals surface area contributed by atoms with E-state index >= 15 is 0 Å². The number of nitrogens with zero attached hydrogens (tertiary/aromatic N) is 1. The molecule has 1 aromatic rings. The van der Waals surface area contributed by atoms with E-state index in [9.17, 15) is 4.79 Å². The Bertz CT molecular complexity index is 407. The largest absolute Gasteiger partial charge is 0.480 e. The lowest BCUT2D eigenvalue weighted by Gasteiger charge is -2.24. The van der Waals surface area contributed by atoms with Crippen molar-refractivity contribution in [1.82, 2.24) is 0 Å². The molecule has 0 heterocycles. The number of benzene rings is 1. The number of carboxylic acids is 1. The molecule has 0 radical (unpaired) electrons. The summed E-state index contributed by atoms with van der Waals surface area (Å²) in [4.78, 5) is 12.6. The second-order valence-electron chi connectivity index (χ2n) is 5.62. The van der Waals surface area contributed by atoms with Crippen LogP contribution in [0.15, 0.2) is 24.3 Å². The summed E-state index contributed by atoms with van der Waals surface area (Å²) < 4.78 is 0. The lowest BCUT2D eigenvalue weighted by Crippen LogP contribution is -2.41. The van der Waals surface area contributed by atoms with Crippen molar-refractivity contribution in [1.29, 1.82) is 0 Å². The Hall–Kier alpha value is -1.55. The van der Waals surface area contributed by atoms with Crippen LogP contribution in [0.25, 0.3) is 0 Å². The summed E-state index contributed by atoms with van der Waals surface area (Å²) in [5.41, 5.74) is 7.86. The molecule has 0 aliphatic rings. The molecule has 0 saturated heterocycles. The average molecular weight is 250 g/mol. The first kappa shape index (κ1) is 14.5. The molecule has 4 nitrogen and oxygen atoms in total. The van der Waals surface area contributed by atoms with Crippen molar-refractivity contribution in [2.75, 3.05) is 18.5 Å². The Morgan fingerprint density at radius 1 is 1.33 bits per heavy atom. The molecule has 3 N–H and O–H groups in total. The van der Waals surface area contributed by atoms with Crippen molar-refractivity contribution >= 4 is 11.7 Å². The summed E-state index contributed by atoms with van der Waals surface area (Å²) in [5.74, 6) is -0.979. The number of nitrogens with two attached hydrogens (primary N) is 1. The van der Waals surface area contributed by atoms with Gasteiger partial charge in [-0.15, -0.1) is 0 Å². The van der Waals surface area contributed by atoms with Crippen LogP contribution in [0.3, 0.4) is 0 Å². The minimum Gasteiger partial charge on any atom is -0.480 e. The van der Waals surface area contributed by atoms with E-state index in [1.807, 2.05) is 24.1 Å². The Kier molecular flexibility index (Phi) is 4.35. The molecule has 1 atom stereocenters. The molecular formula is C14H22N2O2. The number of likely N-dealkylation sites (N-methyl/N-ethyl adjacent to an activating group) is 1. The van der Waals surface area contributed by atoms with E-state index < -0.39 is 12.0 Å². The molecule has 0 spiro atoms. The Balaban J connectivity index is 2.76. The third-order valence-corrected chi connectivity index (χ3v) is 2.96. The van der Waals surface area contributed by atoms with Crippen LogP contribution in [0.4, 0.5) is 5.69 Å². The maximum Gasteiger partial charge on any atom is 0.322 e. The fourth-order valence-corrected chi connectivity index (χ4v) is 1.69. The molecule has 0 amide bonds. The standard InChI is InChI=1S/C14H22N2O2/c1-14(2,3)10-5-7-11(8-6-10)16(4)9-12(15)13(17)18/h5-8,12H,9,15H2,1-4H3,(H,17,18). The lowest BCUT2D eigenvalue weighted by molar-refractivity contribution is -0.138. The van der Waals surface area contributed by atoms with E-state index in [2.05, 4.69) is 32.9 Å². The highest BCUT2D eigenvalue weighted by Crippen LogP contribution is 2.24. The van der Waals surface area contributed by atoms with Crippen molar-refractivity contribution in [3.05, 3.63) is 29.8 Å². The van der Waals surface area contributed by atoms with Gasteiger partial charge in [-0.25, -0.2) is 0 Å². The van der Waals surface area contributed by atoms with E-state index in [0.717, 1.165) is 5.69 Å². The molecule has 0 bridgehead atoms. The second kappa shape index (κ2) is 5.40. The quantitative estimate of drug-likeness (QED) is 0.855. The first-order valence-electron chi connectivity index (χ1n) is 6.02. The zero-order valence-electron chi connectivity index (χ0n) is 11.5. The number of hydrogen-bond acceptors (Lipinski definition) is 3. The summed E-state index contributed by atoms with van der Waals surface area (Å²) in [6.45, 7) is 6.77. The fraction of sp³-hybridized carbons (Fsp3) is 0.500. The zero-order chi connectivity index (χ0) is 13.9. The summed E-state index contributed by atoms with van der Waals surface area (Å²) in [6.07, 6.45) is 0. The van der Waals surface area contributed by atoms with Crippen molar-refractivity contribution < 1.29 is 9.90 Å². The normalized spacial score (nSPS) is 13.2. The van der Waals surface area contributed by atoms with E-state index in [0.29, 0.717) is 6.54 Å². The van der Waals surface area contributed by atoms with E-state index in [4.69, 9.17) is 10.8 Å². The highest BCUT2D eigenvalue weighted by atomic mass is 16.4. The first-order chi connectivity index (χ1) is 8.21. The van der Waals surface area contributed by atoms with Crippen LogP contribution < -0.4 is 10.6 Å². The van der Waals surface area contributed by atoms with E-state index in [1.165, 1.54) is 5.56 Å². The van der Waals surface area contributed by atoms with E-state index in [-0.39, 0.29) is 5.41 Å². The van der Waals surface area contributed by atoms with Crippen LogP contribution in [0, 0.1) is 0 Å². The predicted octanol–water partition coefficient (Wildman–Crippen LogP) is 1.83. The van der Waals surface area contributed by atoms with Gasteiger partial charge in [0.05, 0.1) is 0 Å². The van der Waals surface area contributed by atoms with Gasteiger partial charge in [-0.3, -0.25) is 4.79 Å².